The van der Waals surface area contributed by atoms with Crippen LogP contribution in [0.2, 0.25) is 0 Å². The van der Waals surface area contributed by atoms with Gasteiger partial charge in [-0.15, -0.1) is 0 Å². The lowest BCUT2D eigenvalue weighted by atomic mass is 9.84. The Balaban J connectivity index is 1.90. The van der Waals surface area contributed by atoms with E-state index in [1.165, 1.54) is 41.2 Å². The molecular weight excluding hydrogens is 359 g/mol. The highest BCUT2D eigenvalue weighted by Gasteiger charge is 2.23. The first-order valence-electron chi connectivity index (χ1n) is 7.56. The minimum absolute atomic E-state index is 0.629. The Morgan fingerprint density at radius 2 is 2.25 bits per heavy atom. The van der Waals surface area contributed by atoms with E-state index in [0.29, 0.717) is 6.04 Å². The normalized spacial score (nSPS) is 22.9. The molecule has 3 heteroatoms. The zero-order valence-corrected chi connectivity index (χ0v) is 14.1. The highest BCUT2D eigenvalue weighted by molar-refractivity contribution is 14.1. The van der Waals surface area contributed by atoms with Gasteiger partial charge >= 0.3 is 0 Å². The second-order valence-electron chi connectivity index (χ2n) is 5.76. The van der Waals surface area contributed by atoms with Gasteiger partial charge in [-0.05, 0) is 53.5 Å². The number of imidazole rings is 1. The maximum atomic E-state index is 4.61. The molecule has 106 valence electrons. The monoisotopic (exact) mass is 380 g/mol. The molecule has 1 aromatic carbocycles. The van der Waals surface area contributed by atoms with E-state index < -0.39 is 0 Å². The van der Waals surface area contributed by atoms with E-state index in [9.17, 15) is 0 Å². The number of halogens is 1. The largest absolute Gasteiger partial charge is 0.328 e. The fraction of sp³-hybridized carbons (Fsp3) is 0.471. The molecule has 2 aromatic rings. The van der Waals surface area contributed by atoms with Crippen LogP contribution in [0.3, 0.4) is 0 Å². The summed E-state index contributed by atoms with van der Waals surface area (Å²) in [5, 5.41) is 0. The molecule has 0 spiro atoms. The summed E-state index contributed by atoms with van der Waals surface area (Å²) >= 11 is 2.37. The Morgan fingerprint density at radius 1 is 1.35 bits per heavy atom. The summed E-state index contributed by atoms with van der Waals surface area (Å²) in [7, 11) is 0. The van der Waals surface area contributed by atoms with Gasteiger partial charge in [0.25, 0.3) is 0 Å². The van der Waals surface area contributed by atoms with Gasteiger partial charge in [0.2, 0.25) is 0 Å². The molecule has 1 aromatic heterocycles. The summed E-state index contributed by atoms with van der Waals surface area (Å²) < 4.78 is 3.68. The first-order valence-corrected chi connectivity index (χ1v) is 8.64. The molecule has 1 saturated carbocycles. The van der Waals surface area contributed by atoms with Crippen molar-refractivity contribution in [2.24, 2.45) is 5.92 Å². The minimum atomic E-state index is 0.629. The maximum absolute atomic E-state index is 4.61. The summed E-state index contributed by atoms with van der Waals surface area (Å²) in [6, 6.07) is 9.27. The van der Waals surface area contributed by atoms with Crippen LogP contribution in [-0.2, 0) is 0 Å². The third-order valence-corrected chi connectivity index (χ3v) is 5.15. The molecule has 3 rings (SSSR count). The van der Waals surface area contributed by atoms with Crippen molar-refractivity contribution >= 4 is 22.6 Å². The second kappa shape index (κ2) is 6.29. The SMILES string of the molecule is CCC1CCCC(n2ccnc2-c2cccc(I)c2)C1. The van der Waals surface area contributed by atoms with Crippen LogP contribution in [0, 0.1) is 9.49 Å². The highest BCUT2D eigenvalue weighted by Crippen LogP contribution is 2.36. The molecular formula is C17H21IN2. The van der Waals surface area contributed by atoms with Crippen LogP contribution >= 0.6 is 22.6 Å². The fourth-order valence-electron chi connectivity index (χ4n) is 3.34. The maximum Gasteiger partial charge on any atom is 0.140 e. The lowest BCUT2D eigenvalue weighted by molar-refractivity contribution is 0.263. The second-order valence-corrected chi connectivity index (χ2v) is 7.01. The number of aromatic nitrogens is 2. The van der Waals surface area contributed by atoms with Gasteiger partial charge in [0.05, 0.1) is 0 Å². The van der Waals surface area contributed by atoms with Crippen molar-refractivity contribution in [3.05, 3.63) is 40.2 Å². The fourth-order valence-corrected chi connectivity index (χ4v) is 3.89. The average Bonchev–Trinajstić information content (AvgIpc) is 2.97. The number of benzene rings is 1. The van der Waals surface area contributed by atoms with Crippen molar-refractivity contribution in [2.75, 3.05) is 0 Å². The van der Waals surface area contributed by atoms with E-state index in [1.807, 2.05) is 6.20 Å². The van der Waals surface area contributed by atoms with Gasteiger partial charge in [0.15, 0.2) is 0 Å². The van der Waals surface area contributed by atoms with Crippen LogP contribution in [0.25, 0.3) is 11.4 Å². The number of hydrogen-bond donors (Lipinski definition) is 0. The Kier molecular flexibility index (Phi) is 4.44. The van der Waals surface area contributed by atoms with Crippen molar-refractivity contribution in [2.45, 2.75) is 45.1 Å². The Labute approximate surface area is 134 Å². The van der Waals surface area contributed by atoms with Crippen LogP contribution in [0.5, 0.6) is 0 Å². The smallest absolute Gasteiger partial charge is 0.140 e. The molecule has 1 aliphatic carbocycles. The molecule has 0 amide bonds. The van der Waals surface area contributed by atoms with Gasteiger partial charge in [0.1, 0.15) is 5.82 Å². The standard InChI is InChI=1S/C17H21IN2/c1-2-13-5-3-8-16(11-13)20-10-9-19-17(20)14-6-4-7-15(18)12-14/h4,6-7,9-10,12-13,16H,2-3,5,8,11H2,1H3. The van der Waals surface area contributed by atoms with Crippen molar-refractivity contribution in [1.29, 1.82) is 0 Å². The number of hydrogen-bond acceptors (Lipinski definition) is 1. The molecule has 0 bridgehead atoms. The molecule has 1 fully saturated rings. The predicted molar refractivity (Wildman–Crippen MR) is 91.7 cm³/mol. The molecule has 0 saturated heterocycles. The quantitative estimate of drug-likeness (QED) is 0.661. The van der Waals surface area contributed by atoms with Crippen LogP contribution in [0.15, 0.2) is 36.7 Å². The highest BCUT2D eigenvalue weighted by atomic mass is 127. The molecule has 0 N–H and O–H groups in total. The molecule has 2 atom stereocenters. The number of rotatable bonds is 3. The van der Waals surface area contributed by atoms with E-state index >= 15 is 0 Å². The lowest BCUT2D eigenvalue weighted by Gasteiger charge is -2.30. The van der Waals surface area contributed by atoms with E-state index in [0.717, 1.165) is 11.7 Å². The van der Waals surface area contributed by atoms with Crippen molar-refractivity contribution < 1.29 is 0 Å². The van der Waals surface area contributed by atoms with Gasteiger partial charge in [-0.2, -0.15) is 0 Å². The summed E-state index contributed by atoms with van der Waals surface area (Å²) in [5.41, 5.74) is 1.24. The van der Waals surface area contributed by atoms with E-state index in [2.05, 4.69) is 69.5 Å². The van der Waals surface area contributed by atoms with Crippen molar-refractivity contribution in [3.63, 3.8) is 0 Å². The van der Waals surface area contributed by atoms with Crippen LogP contribution in [0.4, 0.5) is 0 Å². The van der Waals surface area contributed by atoms with Crippen molar-refractivity contribution in [1.82, 2.24) is 9.55 Å². The third kappa shape index (κ3) is 2.92. The predicted octanol–water partition coefficient (Wildman–Crippen LogP) is 5.30. The van der Waals surface area contributed by atoms with Gasteiger partial charge < -0.3 is 4.57 Å². The van der Waals surface area contributed by atoms with E-state index in [4.69, 9.17) is 0 Å². The summed E-state index contributed by atoms with van der Waals surface area (Å²) in [4.78, 5) is 4.61. The van der Waals surface area contributed by atoms with E-state index in [-0.39, 0.29) is 0 Å². The Morgan fingerprint density at radius 3 is 3.05 bits per heavy atom. The summed E-state index contributed by atoms with van der Waals surface area (Å²) in [5.74, 6) is 2.02. The van der Waals surface area contributed by atoms with Crippen LogP contribution in [0.1, 0.15) is 45.1 Å². The zero-order chi connectivity index (χ0) is 13.9. The van der Waals surface area contributed by atoms with E-state index in [1.54, 1.807) is 0 Å². The molecule has 20 heavy (non-hydrogen) atoms. The molecule has 0 radical (unpaired) electrons. The molecule has 2 unspecified atom stereocenters. The molecule has 2 nitrogen and oxygen atoms in total. The van der Waals surface area contributed by atoms with Gasteiger partial charge in [-0.1, -0.05) is 38.3 Å². The van der Waals surface area contributed by atoms with Crippen LogP contribution in [-0.4, -0.2) is 9.55 Å². The van der Waals surface area contributed by atoms with Crippen molar-refractivity contribution in [3.8, 4) is 11.4 Å². The van der Waals surface area contributed by atoms with Gasteiger partial charge in [0, 0.05) is 27.6 Å². The lowest BCUT2D eigenvalue weighted by Crippen LogP contribution is -2.19. The van der Waals surface area contributed by atoms with Gasteiger partial charge in [-0.25, -0.2) is 4.98 Å². The van der Waals surface area contributed by atoms with Gasteiger partial charge in [-0.3, -0.25) is 0 Å². The first-order chi connectivity index (χ1) is 9.78. The molecule has 1 aliphatic rings. The minimum Gasteiger partial charge on any atom is -0.328 e. The van der Waals surface area contributed by atoms with Crippen LogP contribution < -0.4 is 0 Å². The first kappa shape index (κ1) is 14.1. The summed E-state index contributed by atoms with van der Waals surface area (Å²) in [6.07, 6.45) is 10.8. The Hall–Kier alpha value is -0.840. The summed E-state index contributed by atoms with van der Waals surface area (Å²) in [6.45, 7) is 2.32. The topological polar surface area (TPSA) is 17.8 Å². The molecule has 1 heterocycles. The average molecular weight is 380 g/mol. The zero-order valence-electron chi connectivity index (χ0n) is 11.9. The molecule has 0 aliphatic heterocycles. The number of nitrogens with zero attached hydrogens (tertiary/aromatic N) is 2. The Bertz CT molecular complexity index is 576. The third-order valence-electron chi connectivity index (χ3n) is 4.48.